The van der Waals surface area contributed by atoms with Crippen LogP contribution in [0.3, 0.4) is 0 Å². The van der Waals surface area contributed by atoms with Crippen LogP contribution in [0.5, 0.6) is 0 Å². The van der Waals surface area contributed by atoms with Crippen LogP contribution in [0, 0.1) is 0 Å². The van der Waals surface area contributed by atoms with E-state index in [1.807, 2.05) is 20.8 Å². The Bertz CT molecular complexity index is 97.6. The number of rotatable bonds is 1. The van der Waals surface area contributed by atoms with Gasteiger partial charge in [0.05, 0.1) is 0 Å². The van der Waals surface area contributed by atoms with Crippen molar-refractivity contribution >= 4 is 5.71 Å². The molecule has 0 rings (SSSR count). The molecule has 0 spiro atoms. The van der Waals surface area contributed by atoms with Crippen molar-refractivity contribution in [3.63, 3.8) is 0 Å². The van der Waals surface area contributed by atoms with E-state index >= 15 is 0 Å². The Hall–Kier alpha value is -0.370. The summed E-state index contributed by atoms with van der Waals surface area (Å²) in [7, 11) is 1.75. The third kappa shape index (κ3) is 2.07. The Morgan fingerprint density at radius 1 is 1.50 bits per heavy atom. The molecule has 0 saturated heterocycles. The van der Waals surface area contributed by atoms with E-state index < -0.39 is 0 Å². The first kappa shape index (κ1) is 7.63. The fourth-order valence-corrected chi connectivity index (χ4v) is 0.288. The molecule has 2 N–H and O–H groups in total. The predicted molar refractivity (Wildman–Crippen MR) is 37.3 cm³/mol. The van der Waals surface area contributed by atoms with Crippen LogP contribution in [-0.4, -0.2) is 18.3 Å². The lowest BCUT2D eigenvalue weighted by atomic mass is 10.0. The van der Waals surface area contributed by atoms with Crippen molar-refractivity contribution in [2.75, 3.05) is 7.05 Å². The van der Waals surface area contributed by atoms with Crippen molar-refractivity contribution in [3.05, 3.63) is 0 Å². The fraction of sp³-hybridized carbons (Fsp3) is 0.833. The summed E-state index contributed by atoms with van der Waals surface area (Å²) in [5.74, 6) is 0. The molecular weight excluding hydrogens is 100 g/mol. The van der Waals surface area contributed by atoms with Gasteiger partial charge in [0, 0.05) is 18.3 Å². The largest absolute Gasteiger partial charge is 0.321 e. The summed E-state index contributed by atoms with van der Waals surface area (Å²) >= 11 is 0. The van der Waals surface area contributed by atoms with Gasteiger partial charge in [-0.05, 0) is 20.8 Å². The second kappa shape index (κ2) is 2.27. The van der Waals surface area contributed by atoms with Crippen molar-refractivity contribution in [1.82, 2.24) is 0 Å². The van der Waals surface area contributed by atoms with Crippen LogP contribution in [0.4, 0.5) is 0 Å². The van der Waals surface area contributed by atoms with E-state index in [0.29, 0.717) is 0 Å². The van der Waals surface area contributed by atoms with Crippen LogP contribution in [0.25, 0.3) is 0 Å². The standard InChI is InChI=1S/C6H14N2/c1-5(8-4)6(2,3)7/h7H2,1-4H3/b8-5+. The minimum Gasteiger partial charge on any atom is -0.321 e. The molecular formula is C6H14N2. The van der Waals surface area contributed by atoms with Crippen LogP contribution < -0.4 is 5.73 Å². The SMILES string of the molecule is C/N=C(\C)C(C)(C)N. The molecule has 0 atom stereocenters. The van der Waals surface area contributed by atoms with Gasteiger partial charge >= 0.3 is 0 Å². The third-order valence-corrected chi connectivity index (χ3v) is 1.27. The summed E-state index contributed by atoms with van der Waals surface area (Å²) in [6.45, 7) is 5.81. The topological polar surface area (TPSA) is 38.4 Å². The van der Waals surface area contributed by atoms with Crippen molar-refractivity contribution in [3.8, 4) is 0 Å². The zero-order chi connectivity index (χ0) is 6.78. The van der Waals surface area contributed by atoms with E-state index in [1.54, 1.807) is 7.05 Å². The van der Waals surface area contributed by atoms with Gasteiger partial charge in [0.1, 0.15) is 0 Å². The Kier molecular flexibility index (Phi) is 2.16. The maximum absolute atomic E-state index is 5.66. The van der Waals surface area contributed by atoms with Crippen molar-refractivity contribution in [2.45, 2.75) is 26.3 Å². The molecule has 0 heterocycles. The molecule has 2 heteroatoms. The fourth-order valence-electron chi connectivity index (χ4n) is 0.288. The van der Waals surface area contributed by atoms with Crippen LogP contribution in [0.2, 0.25) is 0 Å². The lowest BCUT2D eigenvalue weighted by molar-refractivity contribution is 0.693. The molecule has 0 amide bonds. The second-order valence-electron chi connectivity index (χ2n) is 2.53. The lowest BCUT2D eigenvalue weighted by Crippen LogP contribution is -2.39. The molecule has 48 valence electrons. The highest BCUT2D eigenvalue weighted by Crippen LogP contribution is 1.98. The lowest BCUT2D eigenvalue weighted by Gasteiger charge is -2.16. The van der Waals surface area contributed by atoms with E-state index in [2.05, 4.69) is 4.99 Å². The van der Waals surface area contributed by atoms with E-state index in [0.717, 1.165) is 5.71 Å². The van der Waals surface area contributed by atoms with Gasteiger partial charge in [-0.25, -0.2) is 0 Å². The van der Waals surface area contributed by atoms with E-state index in [4.69, 9.17) is 5.73 Å². The average molecular weight is 114 g/mol. The summed E-state index contributed by atoms with van der Waals surface area (Å²) in [6, 6.07) is 0. The van der Waals surface area contributed by atoms with Gasteiger partial charge in [0.15, 0.2) is 0 Å². The van der Waals surface area contributed by atoms with Gasteiger partial charge in [-0.1, -0.05) is 0 Å². The molecule has 8 heavy (non-hydrogen) atoms. The van der Waals surface area contributed by atoms with Gasteiger partial charge in [-0.2, -0.15) is 0 Å². The Morgan fingerprint density at radius 2 is 1.88 bits per heavy atom. The average Bonchev–Trinajstić information content (AvgIpc) is 1.62. The van der Waals surface area contributed by atoms with Gasteiger partial charge in [-0.3, -0.25) is 4.99 Å². The first-order chi connectivity index (χ1) is 3.48. The maximum atomic E-state index is 5.66. The first-order valence-electron chi connectivity index (χ1n) is 2.71. The van der Waals surface area contributed by atoms with Gasteiger partial charge in [-0.15, -0.1) is 0 Å². The molecule has 0 saturated carbocycles. The van der Waals surface area contributed by atoms with E-state index in [1.165, 1.54) is 0 Å². The third-order valence-electron chi connectivity index (χ3n) is 1.27. The highest BCUT2D eigenvalue weighted by Gasteiger charge is 2.12. The zero-order valence-corrected chi connectivity index (χ0v) is 6.02. The monoisotopic (exact) mass is 114 g/mol. The molecule has 0 aromatic rings. The summed E-state index contributed by atoms with van der Waals surface area (Å²) in [5, 5.41) is 0. The minimum absolute atomic E-state index is 0.241. The number of nitrogens with zero attached hydrogens (tertiary/aromatic N) is 1. The van der Waals surface area contributed by atoms with Crippen LogP contribution >= 0.6 is 0 Å². The van der Waals surface area contributed by atoms with Gasteiger partial charge in [0.25, 0.3) is 0 Å². The molecule has 2 nitrogen and oxygen atoms in total. The smallest absolute Gasteiger partial charge is 0.0479 e. The van der Waals surface area contributed by atoms with E-state index in [9.17, 15) is 0 Å². The maximum Gasteiger partial charge on any atom is 0.0479 e. The normalized spacial score (nSPS) is 14.4. The molecule has 0 fully saturated rings. The van der Waals surface area contributed by atoms with Crippen LogP contribution in [0.1, 0.15) is 20.8 Å². The van der Waals surface area contributed by atoms with Crippen molar-refractivity contribution in [2.24, 2.45) is 10.7 Å². The number of hydrogen-bond acceptors (Lipinski definition) is 2. The van der Waals surface area contributed by atoms with E-state index in [-0.39, 0.29) is 5.54 Å². The first-order valence-corrected chi connectivity index (χ1v) is 2.71. The highest BCUT2D eigenvalue weighted by atomic mass is 14.8. The van der Waals surface area contributed by atoms with Crippen molar-refractivity contribution in [1.29, 1.82) is 0 Å². The molecule has 0 aromatic carbocycles. The number of aliphatic imine (C=N–C) groups is 1. The molecule has 0 aliphatic carbocycles. The molecule has 0 aromatic heterocycles. The highest BCUT2D eigenvalue weighted by molar-refractivity contribution is 5.90. The zero-order valence-electron chi connectivity index (χ0n) is 6.02. The summed E-state index contributed by atoms with van der Waals surface area (Å²) in [4.78, 5) is 3.95. The summed E-state index contributed by atoms with van der Waals surface area (Å²) in [5.41, 5.74) is 6.40. The number of hydrogen-bond donors (Lipinski definition) is 1. The summed E-state index contributed by atoms with van der Waals surface area (Å²) in [6.07, 6.45) is 0. The molecule has 0 radical (unpaired) electrons. The molecule has 0 unspecified atom stereocenters. The van der Waals surface area contributed by atoms with Crippen LogP contribution in [-0.2, 0) is 0 Å². The molecule has 0 aliphatic heterocycles. The molecule has 0 aliphatic rings. The van der Waals surface area contributed by atoms with Gasteiger partial charge < -0.3 is 5.73 Å². The predicted octanol–water partition coefficient (Wildman–Crippen LogP) is 0.814. The Labute approximate surface area is 50.8 Å². The Morgan fingerprint density at radius 3 is 1.88 bits per heavy atom. The second-order valence-corrected chi connectivity index (χ2v) is 2.53. The van der Waals surface area contributed by atoms with Crippen molar-refractivity contribution < 1.29 is 0 Å². The minimum atomic E-state index is -0.241. The van der Waals surface area contributed by atoms with Crippen LogP contribution in [0.15, 0.2) is 4.99 Å². The molecule has 0 bridgehead atoms. The Balaban J connectivity index is 4.03. The van der Waals surface area contributed by atoms with Gasteiger partial charge in [0.2, 0.25) is 0 Å². The number of nitrogens with two attached hydrogens (primary N) is 1. The quantitative estimate of drug-likeness (QED) is 0.503. The summed E-state index contributed by atoms with van der Waals surface area (Å²) < 4.78 is 0.